The minimum Gasteiger partial charge on any atom is -0.304 e. The Labute approximate surface area is 189 Å². The number of carbonyl (C=O) groups is 1. The molecule has 0 aliphatic carbocycles. The van der Waals surface area contributed by atoms with Crippen LogP contribution in [0.25, 0.3) is 5.69 Å². The van der Waals surface area contributed by atoms with E-state index in [9.17, 15) is 13.2 Å². The summed E-state index contributed by atoms with van der Waals surface area (Å²) < 4.78 is 29.7. The van der Waals surface area contributed by atoms with Gasteiger partial charge in [-0.3, -0.25) is 10.1 Å². The first-order valence-electron chi connectivity index (χ1n) is 9.63. The van der Waals surface area contributed by atoms with Crippen LogP contribution >= 0.6 is 11.3 Å². The molecule has 0 radical (unpaired) electrons. The van der Waals surface area contributed by atoms with Crippen LogP contribution in [0.1, 0.15) is 27.3 Å². The molecule has 0 fully saturated rings. The molecular weight excluding hydrogens is 448 g/mol. The molecule has 11 heteroatoms. The van der Waals surface area contributed by atoms with Crippen molar-refractivity contribution in [1.82, 2.24) is 24.5 Å². The summed E-state index contributed by atoms with van der Waals surface area (Å²) in [5.74, 6) is 0.407. The third-order valence-electron chi connectivity index (χ3n) is 4.67. The van der Waals surface area contributed by atoms with Gasteiger partial charge in [0.2, 0.25) is 9.47 Å². The zero-order chi connectivity index (χ0) is 22.7. The zero-order valence-electron chi connectivity index (χ0n) is 17.3. The van der Waals surface area contributed by atoms with E-state index in [0.717, 1.165) is 34.0 Å². The Morgan fingerprint density at radius 3 is 2.66 bits per heavy atom. The number of amides is 1. The van der Waals surface area contributed by atoms with E-state index >= 15 is 0 Å². The van der Waals surface area contributed by atoms with Gasteiger partial charge in [-0.25, -0.2) is 18.1 Å². The van der Waals surface area contributed by atoms with Gasteiger partial charge < -0.3 is 4.57 Å². The third kappa shape index (κ3) is 4.74. The quantitative estimate of drug-likeness (QED) is 0.402. The summed E-state index contributed by atoms with van der Waals surface area (Å²) in [6.07, 6.45) is 3.50. The van der Waals surface area contributed by atoms with E-state index in [1.54, 1.807) is 24.4 Å². The molecule has 0 bridgehead atoms. The van der Waals surface area contributed by atoms with Crippen molar-refractivity contribution in [3.8, 4) is 5.69 Å². The molecule has 4 rings (SSSR count). The Morgan fingerprint density at radius 1 is 1.09 bits per heavy atom. The second kappa shape index (κ2) is 8.99. The lowest BCUT2D eigenvalue weighted by molar-refractivity contribution is 0.102. The average Bonchev–Trinajstić information content (AvgIpc) is 3.42. The Morgan fingerprint density at radius 2 is 1.91 bits per heavy atom. The van der Waals surface area contributed by atoms with E-state index in [0.29, 0.717) is 5.56 Å². The second-order valence-corrected chi connectivity index (χ2v) is 9.91. The highest BCUT2D eigenvalue weighted by Crippen LogP contribution is 2.22. The molecule has 0 aliphatic heterocycles. The van der Waals surface area contributed by atoms with Crippen LogP contribution in [-0.2, 0) is 16.6 Å². The van der Waals surface area contributed by atoms with E-state index in [4.69, 9.17) is 0 Å². The first-order chi connectivity index (χ1) is 15.3. The molecule has 4 aromatic rings. The van der Waals surface area contributed by atoms with Gasteiger partial charge in [-0.2, -0.15) is 0 Å². The first-order valence-corrected chi connectivity index (χ1v) is 11.9. The van der Waals surface area contributed by atoms with Crippen LogP contribution in [0.5, 0.6) is 0 Å². The zero-order valence-corrected chi connectivity index (χ0v) is 18.9. The number of rotatable bonds is 7. The third-order valence-corrected chi connectivity index (χ3v) is 7.27. The van der Waals surface area contributed by atoms with Gasteiger partial charge in [0.15, 0.2) is 0 Å². The number of benzene rings is 2. The predicted molar refractivity (Wildman–Crippen MR) is 121 cm³/mol. The number of anilines is 1. The number of imidazole rings is 1. The Bertz CT molecular complexity index is 1380. The van der Waals surface area contributed by atoms with Crippen molar-refractivity contribution in [2.24, 2.45) is 0 Å². The number of aryl methyl sites for hydroxylation is 2. The van der Waals surface area contributed by atoms with Crippen molar-refractivity contribution in [2.45, 2.75) is 24.7 Å². The van der Waals surface area contributed by atoms with Crippen LogP contribution in [0.3, 0.4) is 0 Å². The Kier molecular flexibility index (Phi) is 6.12. The minimum atomic E-state index is -3.92. The summed E-state index contributed by atoms with van der Waals surface area (Å²) in [5, 5.41) is 10.2. The van der Waals surface area contributed by atoms with Gasteiger partial charge in [0.1, 0.15) is 5.82 Å². The van der Waals surface area contributed by atoms with Crippen molar-refractivity contribution in [3.63, 3.8) is 0 Å². The fraction of sp³-hybridized carbons (Fsp3) is 0.143. The molecule has 32 heavy (non-hydrogen) atoms. The average molecular weight is 469 g/mol. The SMILES string of the molecule is Cc1cccc(C(=O)Nc2nnc(S(=O)(=O)NCc3ccccc3-n3ccnc3C)s2)c1. The topological polar surface area (TPSA) is 119 Å². The number of sulfonamides is 1. The molecule has 2 aromatic heterocycles. The van der Waals surface area contributed by atoms with E-state index < -0.39 is 10.0 Å². The van der Waals surface area contributed by atoms with Gasteiger partial charge in [-0.05, 0) is 37.6 Å². The largest absolute Gasteiger partial charge is 0.304 e. The lowest BCUT2D eigenvalue weighted by atomic mass is 10.1. The van der Waals surface area contributed by atoms with Crippen LogP contribution in [-0.4, -0.2) is 34.1 Å². The predicted octanol–water partition coefficient (Wildman–Crippen LogP) is 3.07. The standard InChI is InChI=1S/C21H20N6O3S2/c1-14-6-5-8-16(12-14)19(28)24-20-25-26-21(31-20)32(29,30)23-13-17-7-3-4-9-18(17)27-11-10-22-15(27)2/h3-12,23H,13H2,1-2H3,(H,24,25,28). The fourth-order valence-electron chi connectivity index (χ4n) is 3.09. The van der Waals surface area contributed by atoms with Gasteiger partial charge in [-0.15, -0.1) is 10.2 Å². The molecule has 0 saturated carbocycles. The molecule has 0 spiro atoms. The van der Waals surface area contributed by atoms with Crippen LogP contribution in [0.15, 0.2) is 65.3 Å². The number of nitrogens with zero attached hydrogens (tertiary/aromatic N) is 4. The van der Waals surface area contributed by atoms with Crippen molar-refractivity contribution in [2.75, 3.05) is 5.32 Å². The smallest absolute Gasteiger partial charge is 0.270 e. The molecule has 9 nitrogen and oxygen atoms in total. The molecular formula is C21H20N6O3S2. The van der Waals surface area contributed by atoms with Crippen LogP contribution < -0.4 is 10.0 Å². The molecule has 1 amide bonds. The summed E-state index contributed by atoms with van der Waals surface area (Å²) >= 11 is 0.787. The van der Waals surface area contributed by atoms with E-state index in [-0.39, 0.29) is 21.9 Å². The minimum absolute atomic E-state index is 0.0562. The lowest BCUT2D eigenvalue weighted by Crippen LogP contribution is -2.24. The van der Waals surface area contributed by atoms with Crippen LogP contribution in [0.2, 0.25) is 0 Å². The molecule has 0 saturated heterocycles. The number of aromatic nitrogens is 4. The molecule has 2 aromatic carbocycles. The lowest BCUT2D eigenvalue weighted by Gasteiger charge is -2.12. The van der Waals surface area contributed by atoms with Crippen molar-refractivity contribution in [3.05, 3.63) is 83.4 Å². The maximum absolute atomic E-state index is 12.7. The Hall–Kier alpha value is -3.41. The highest BCUT2D eigenvalue weighted by molar-refractivity contribution is 7.91. The van der Waals surface area contributed by atoms with Gasteiger partial charge in [0.25, 0.3) is 15.9 Å². The number of hydrogen-bond donors (Lipinski definition) is 2. The maximum atomic E-state index is 12.7. The number of para-hydroxylation sites is 1. The van der Waals surface area contributed by atoms with Gasteiger partial charge >= 0.3 is 0 Å². The summed E-state index contributed by atoms with van der Waals surface area (Å²) in [7, 11) is -3.92. The van der Waals surface area contributed by atoms with Gasteiger partial charge in [0.05, 0.1) is 5.69 Å². The summed E-state index contributed by atoms with van der Waals surface area (Å²) in [6, 6.07) is 14.5. The summed E-state index contributed by atoms with van der Waals surface area (Å²) in [5.41, 5.74) is 2.99. The molecule has 0 aliphatic rings. The van der Waals surface area contributed by atoms with Gasteiger partial charge in [0, 0.05) is 24.5 Å². The molecule has 2 heterocycles. The van der Waals surface area contributed by atoms with E-state index in [1.807, 2.05) is 54.9 Å². The maximum Gasteiger partial charge on any atom is 0.270 e. The van der Waals surface area contributed by atoms with E-state index in [2.05, 4.69) is 25.2 Å². The number of hydrogen-bond acceptors (Lipinski definition) is 7. The normalized spacial score (nSPS) is 11.4. The summed E-state index contributed by atoms with van der Waals surface area (Å²) in [4.78, 5) is 16.6. The Balaban J connectivity index is 1.47. The van der Waals surface area contributed by atoms with Crippen molar-refractivity contribution >= 4 is 32.4 Å². The monoisotopic (exact) mass is 468 g/mol. The molecule has 2 N–H and O–H groups in total. The molecule has 164 valence electrons. The van der Waals surface area contributed by atoms with E-state index in [1.165, 1.54) is 0 Å². The fourth-order valence-corrected chi connectivity index (χ4v) is 5.03. The molecule has 0 unspecified atom stereocenters. The first kappa shape index (κ1) is 21.8. The highest BCUT2D eigenvalue weighted by Gasteiger charge is 2.21. The number of nitrogens with one attached hydrogen (secondary N) is 2. The highest BCUT2D eigenvalue weighted by atomic mass is 32.2. The second-order valence-electron chi connectivity index (χ2n) is 6.99. The van der Waals surface area contributed by atoms with Crippen molar-refractivity contribution < 1.29 is 13.2 Å². The van der Waals surface area contributed by atoms with Crippen LogP contribution in [0.4, 0.5) is 5.13 Å². The molecule has 0 atom stereocenters. The number of carbonyl (C=O) groups excluding carboxylic acids is 1. The van der Waals surface area contributed by atoms with Crippen LogP contribution in [0, 0.1) is 13.8 Å². The van der Waals surface area contributed by atoms with Crippen molar-refractivity contribution in [1.29, 1.82) is 0 Å². The summed E-state index contributed by atoms with van der Waals surface area (Å²) in [6.45, 7) is 3.81. The van der Waals surface area contributed by atoms with Gasteiger partial charge in [-0.1, -0.05) is 47.2 Å².